The summed E-state index contributed by atoms with van der Waals surface area (Å²) >= 11 is 0. The number of pyridine rings is 1. The van der Waals surface area contributed by atoms with Gasteiger partial charge in [0.25, 0.3) is 0 Å². The summed E-state index contributed by atoms with van der Waals surface area (Å²) in [4.78, 5) is 4.39. The number of rotatable bonds is 6. The maximum absolute atomic E-state index is 9.02. The maximum Gasteiger partial charge on any atom is 0.136 e. The highest BCUT2D eigenvalue weighted by Crippen LogP contribution is 2.18. The zero-order valence-corrected chi connectivity index (χ0v) is 12.0. The Kier molecular flexibility index (Phi) is 4.22. The van der Waals surface area contributed by atoms with E-state index in [0.717, 1.165) is 25.2 Å². The highest BCUT2D eigenvalue weighted by atomic mass is 16.3. The minimum Gasteiger partial charge on any atom is -0.396 e. The van der Waals surface area contributed by atoms with Crippen LogP contribution >= 0.6 is 0 Å². The lowest BCUT2D eigenvalue weighted by atomic mass is 9.90. The standard InChI is InChI=1S/C15H23N3O/c1-12-4-5-14-17-9-13(18(14)10-12)8-16-11-15(2,3)6-7-19/h4-5,9-10,16,19H,6-8,11H2,1-3H3. The number of fused-ring (bicyclic) bond motifs is 1. The molecule has 0 aliphatic carbocycles. The highest BCUT2D eigenvalue weighted by Gasteiger charge is 2.16. The summed E-state index contributed by atoms with van der Waals surface area (Å²) in [6.07, 6.45) is 4.84. The average Bonchev–Trinajstić information content (AvgIpc) is 2.71. The van der Waals surface area contributed by atoms with Crippen LogP contribution in [0.25, 0.3) is 5.65 Å². The van der Waals surface area contributed by atoms with Crippen molar-refractivity contribution >= 4 is 5.65 Å². The fourth-order valence-corrected chi connectivity index (χ4v) is 2.19. The van der Waals surface area contributed by atoms with E-state index in [0.29, 0.717) is 0 Å². The van der Waals surface area contributed by atoms with Crippen molar-refractivity contribution in [1.29, 1.82) is 0 Å². The fraction of sp³-hybridized carbons (Fsp3) is 0.533. The number of imidazole rings is 1. The predicted octanol–water partition coefficient (Wildman–Crippen LogP) is 2.14. The van der Waals surface area contributed by atoms with Gasteiger partial charge in [-0.1, -0.05) is 19.9 Å². The van der Waals surface area contributed by atoms with Gasteiger partial charge in [0, 0.05) is 25.9 Å². The number of hydrogen-bond donors (Lipinski definition) is 2. The molecule has 104 valence electrons. The third kappa shape index (κ3) is 3.55. The molecule has 4 heteroatoms. The molecule has 2 aromatic heterocycles. The Morgan fingerprint density at radius 1 is 1.37 bits per heavy atom. The summed E-state index contributed by atoms with van der Waals surface area (Å²) in [6, 6.07) is 4.11. The van der Waals surface area contributed by atoms with Crippen LogP contribution in [-0.4, -0.2) is 27.6 Å². The Bertz CT molecular complexity index is 545. The second-order valence-electron chi connectivity index (χ2n) is 5.93. The van der Waals surface area contributed by atoms with Gasteiger partial charge < -0.3 is 14.8 Å². The molecular weight excluding hydrogens is 238 g/mol. The normalized spacial score (nSPS) is 12.2. The van der Waals surface area contributed by atoms with Gasteiger partial charge in [-0.3, -0.25) is 0 Å². The molecule has 2 rings (SSSR count). The van der Waals surface area contributed by atoms with Crippen molar-refractivity contribution in [3.63, 3.8) is 0 Å². The maximum atomic E-state index is 9.02. The average molecular weight is 261 g/mol. The summed E-state index contributed by atoms with van der Waals surface area (Å²) < 4.78 is 2.13. The largest absolute Gasteiger partial charge is 0.396 e. The molecule has 0 aromatic carbocycles. The van der Waals surface area contributed by atoms with E-state index in [1.54, 1.807) is 0 Å². The molecule has 2 heterocycles. The minimum absolute atomic E-state index is 0.116. The minimum atomic E-state index is 0.116. The number of aliphatic hydroxyl groups is 1. The first-order valence-corrected chi connectivity index (χ1v) is 6.76. The molecule has 0 aliphatic rings. The molecular formula is C15H23N3O. The smallest absolute Gasteiger partial charge is 0.136 e. The van der Waals surface area contributed by atoms with E-state index in [2.05, 4.69) is 47.7 Å². The van der Waals surface area contributed by atoms with Crippen LogP contribution in [0.5, 0.6) is 0 Å². The Hall–Kier alpha value is -1.39. The Balaban J connectivity index is 2.00. The van der Waals surface area contributed by atoms with Gasteiger partial charge in [0.1, 0.15) is 5.65 Å². The van der Waals surface area contributed by atoms with Crippen LogP contribution in [0.1, 0.15) is 31.5 Å². The monoisotopic (exact) mass is 261 g/mol. The Morgan fingerprint density at radius 3 is 2.89 bits per heavy atom. The number of aryl methyl sites for hydroxylation is 1. The quantitative estimate of drug-likeness (QED) is 0.837. The lowest BCUT2D eigenvalue weighted by Crippen LogP contribution is -2.30. The summed E-state index contributed by atoms with van der Waals surface area (Å²) in [5.41, 5.74) is 3.49. The van der Waals surface area contributed by atoms with Crippen molar-refractivity contribution in [3.05, 3.63) is 35.8 Å². The summed E-state index contributed by atoms with van der Waals surface area (Å²) in [5.74, 6) is 0. The molecule has 0 fully saturated rings. The second-order valence-corrected chi connectivity index (χ2v) is 5.93. The van der Waals surface area contributed by atoms with E-state index in [-0.39, 0.29) is 12.0 Å². The van der Waals surface area contributed by atoms with Gasteiger partial charge in [-0.15, -0.1) is 0 Å². The Labute approximate surface area is 114 Å². The van der Waals surface area contributed by atoms with Crippen LogP contribution in [0.4, 0.5) is 0 Å². The van der Waals surface area contributed by atoms with Crippen molar-refractivity contribution in [2.24, 2.45) is 5.41 Å². The SMILES string of the molecule is Cc1ccc2ncc(CNCC(C)(C)CCO)n2c1. The van der Waals surface area contributed by atoms with E-state index < -0.39 is 0 Å². The second kappa shape index (κ2) is 5.72. The van der Waals surface area contributed by atoms with Crippen LogP contribution < -0.4 is 5.32 Å². The van der Waals surface area contributed by atoms with Gasteiger partial charge in [0.15, 0.2) is 0 Å². The number of nitrogens with zero attached hydrogens (tertiary/aromatic N) is 2. The van der Waals surface area contributed by atoms with Crippen LogP contribution in [0.15, 0.2) is 24.5 Å². The van der Waals surface area contributed by atoms with Crippen LogP contribution in [-0.2, 0) is 6.54 Å². The molecule has 0 atom stereocenters. The van der Waals surface area contributed by atoms with Gasteiger partial charge in [-0.05, 0) is 30.4 Å². The van der Waals surface area contributed by atoms with E-state index >= 15 is 0 Å². The first-order chi connectivity index (χ1) is 9.02. The molecule has 0 amide bonds. The molecule has 0 saturated heterocycles. The first-order valence-electron chi connectivity index (χ1n) is 6.76. The summed E-state index contributed by atoms with van der Waals surface area (Å²) in [5, 5.41) is 12.5. The van der Waals surface area contributed by atoms with Crippen molar-refractivity contribution < 1.29 is 5.11 Å². The molecule has 0 aliphatic heterocycles. The molecule has 0 spiro atoms. The molecule has 0 bridgehead atoms. The molecule has 19 heavy (non-hydrogen) atoms. The van der Waals surface area contributed by atoms with Crippen LogP contribution in [0.2, 0.25) is 0 Å². The predicted molar refractivity (Wildman–Crippen MR) is 77.1 cm³/mol. The first kappa shape index (κ1) is 14.0. The van der Waals surface area contributed by atoms with E-state index in [1.807, 2.05) is 12.3 Å². The third-order valence-electron chi connectivity index (χ3n) is 3.43. The van der Waals surface area contributed by atoms with Crippen molar-refractivity contribution in [3.8, 4) is 0 Å². The zero-order valence-electron chi connectivity index (χ0n) is 12.0. The van der Waals surface area contributed by atoms with Gasteiger partial charge in [-0.25, -0.2) is 4.98 Å². The number of aromatic nitrogens is 2. The highest BCUT2D eigenvalue weighted by molar-refractivity contribution is 5.41. The van der Waals surface area contributed by atoms with E-state index in [1.165, 1.54) is 11.3 Å². The van der Waals surface area contributed by atoms with Crippen LogP contribution in [0.3, 0.4) is 0 Å². The van der Waals surface area contributed by atoms with Crippen molar-refractivity contribution in [2.75, 3.05) is 13.2 Å². The lowest BCUT2D eigenvalue weighted by Gasteiger charge is -2.23. The topological polar surface area (TPSA) is 49.6 Å². The van der Waals surface area contributed by atoms with Crippen LogP contribution in [0, 0.1) is 12.3 Å². The molecule has 2 N–H and O–H groups in total. The van der Waals surface area contributed by atoms with Gasteiger partial charge in [-0.2, -0.15) is 0 Å². The summed E-state index contributed by atoms with van der Waals surface area (Å²) in [7, 11) is 0. The lowest BCUT2D eigenvalue weighted by molar-refractivity contribution is 0.207. The molecule has 4 nitrogen and oxygen atoms in total. The zero-order chi connectivity index (χ0) is 13.9. The van der Waals surface area contributed by atoms with E-state index in [4.69, 9.17) is 5.11 Å². The Morgan fingerprint density at radius 2 is 2.16 bits per heavy atom. The van der Waals surface area contributed by atoms with Gasteiger partial charge in [0.05, 0.1) is 11.9 Å². The van der Waals surface area contributed by atoms with Gasteiger partial charge in [0.2, 0.25) is 0 Å². The fourth-order valence-electron chi connectivity index (χ4n) is 2.19. The molecule has 0 radical (unpaired) electrons. The molecule has 0 unspecified atom stereocenters. The van der Waals surface area contributed by atoms with E-state index in [9.17, 15) is 0 Å². The molecule has 2 aromatic rings. The molecule has 0 saturated carbocycles. The number of aliphatic hydroxyl groups excluding tert-OH is 1. The third-order valence-corrected chi connectivity index (χ3v) is 3.43. The number of hydrogen-bond acceptors (Lipinski definition) is 3. The summed E-state index contributed by atoms with van der Waals surface area (Å²) in [6.45, 7) is 8.32. The number of nitrogens with one attached hydrogen (secondary N) is 1. The van der Waals surface area contributed by atoms with Crippen molar-refractivity contribution in [2.45, 2.75) is 33.7 Å². The van der Waals surface area contributed by atoms with Crippen molar-refractivity contribution in [1.82, 2.24) is 14.7 Å². The van der Waals surface area contributed by atoms with Gasteiger partial charge >= 0.3 is 0 Å².